The Morgan fingerprint density at radius 2 is 2.40 bits per heavy atom. The molecule has 0 radical (unpaired) electrons. The fourth-order valence-corrected chi connectivity index (χ4v) is 1.40. The minimum Gasteiger partial charge on any atom is -0.388 e. The monoisotopic (exact) mass is 227 g/mol. The summed E-state index contributed by atoms with van der Waals surface area (Å²) in [6.45, 7) is 1.85. The second kappa shape index (κ2) is 3.91. The highest BCUT2D eigenvalue weighted by Gasteiger charge is 2.09. The first-order valence-electron chi connectivity index (χ1n) is 4.25. The maximum Gasteiger partial charge on any atom is 0.223 e. The quantitative estimate of drug-likeness (QED) is 0.726. The van der Waals surface area contributed by atoms with E-state index in [-0.39, 0.29) is 6.61 Å². The first kappa shape index (κ1) is 9.99. The highest BCUT2D eigenvalue weighted by molar-refractivity contribution is 7.71. The minimum absolute atomic E-state index is 0.191. The number of nitrogens with zero attached hydrogens (tertiary/aromatic N) is 4. The van der Waals surface area contributed by atoms with Crippen LogP contribution in [0.1, 0.15) is 17.5 Å². The third-order valence-corrected chi connectivity index (χ3v) is 2.16. The molecule has 2 N–H and O–H groups in total. The van der Waals surface area contributed by atoms with E-state index < -0.39 is 0 Å². The summed E-state index contributed by atoms with van der Waals surface area (Å²) in [5, 5.41) is 19.2. The minimum atomic E-state index is -0.191. The molecule has 7 nitrogen and oxygen atoms in total. The summed E-state index contributed by atoms with van der Waals surface area (Å²) in [4.78, 5) is 4.03. The SMILES string of the molecule is Cc1nc(Cn2c(CO)n[nH]c2=S)no1. The third kappa shape index (κ3) is 1.95. The van der Waals surface area contributed by atoms with Crippen LogP contribution in [0, 0.1) is 11.7 Å². The van der Waals surface area contributed by atoms with E-state index in [1.54, 1.807) is 11.5 Å². The van der Waals surface area contributed by atoms with Crippen molar-refractivity contribution in [2.45, 2.75) is 20.1 Å². The van der Waals surface area contributed by atoms with Crippen molar-refractivity contribution in [3.05, 3.63) is 22.3 Å². The first-order chi connectivity index (χ1) is 7.20. The van der Waals surface area contributed by atoms with Crippen molar-refractivity contribution in [3.63, 3.8) is 0 Å². The largest absolute Gasteiger partial charge is 0.388 e. The average Bonchev–Trinajstić information content (AvgIpc) is 2.76. The van der Waals surface area contributed by atoms with Crippen LogP contribution >= 0.6 is 12.2 Å². The summed E-state index contributed by atoms with van der Waals surface area (Å²) in [7, 11) is 0. The lowest BCUT2D eigenvalue weighted by Crippen LogP contribution is -2.06. The maximum atomic E-state index is 9.00. The predicted octanol–water partition coefficient (Wildman–Crippen LogP) is 0.173. The van der Waals surface area contributed by atoms with E-state index in [1.165, 1.54) is 0 Å². The number of hydrogen-bond acceptors (Lipinski definition) is 6. The van der Waals surface area contributed by atoms with E-state index >= 15 is 0 Å². The zero-order valence-electron chi connectivity index (χ0n) is 7.97. The molecule has 2 heterocycles. The maximum absolute atomic E-state index is 9.00. The smallest absolute Gasteiger partial charge is 0.223 e. The highest BCUT2D eigenvalue weighted by atomic mass is 32.1. The summed E-state index contributed by atoms with van der Waals surface area (Å²) >= 11 is 4.99. The number of aromatic amines is 1. The van der Waals surface area contributed by atoms with Gasteiger partial charge in [0.2, 0.25) is 5.89 Å². The van der Waals surface area contributed by atoms with E-state index in [4.69, 9.17) is 21.8 Å². The fraction of sp³-hybridized carbons (Fsp3) is 0.429. The number of hydrogen-bond donors (Lipinski definition) is 2. The molecule has 80 valence electrons. The van der Waals surface area contributed by atoms with Crippen molar-refractivity contribution >= 4 is 12.2 Å². The lowest BCUT2D eigenvalue weighted by atomic mass is 10.5. The van der Waals surface area contributed by atoms with Gasteiger partial charge >= 0.3 is 0 Å². The molecular formula is C7H9N5O2S. The summed E-state index contributed by atoms with van der Waals surface area (Å²) in [5.41, 5.74) is 0. The number of aliphatic hydroxyl groups excluding tert-OH is 1. The van der Waals surface area contributed by atoms with Crippen molar-refractivity contribution < 1.29 is 9.63 Å². The van der Waals surface area contributed by atoms with Gasteiger partial charge in [0, 0.05) is 6.92 Å². The normalized spacial score (nSPS) is 10.8. The van der Waals surface area contributed by atoms with Crippen LogP contribution in [0.3, 0.4) is 0 Å². The highest BCUT2D eigenvalue weighted by Crippen LogP contribution is 2.03. The van der Waals surface area contributed by atoms with Gasteiger partial charge < -0.3 is 9.63 Å². The lowest BCUT2D eigenvalue weighted by molar-refractivity contribution is 0.265. The molecule has 2 aromatic rings. The van der Waals surface area contributed by atoms with Crippen LogP contribution < -0.4 is 0 Å². The van der Waals surface area contributed by atoms with Crippen molar-refractivity contribution in [1.29, 1.82) is 0 Å². The standard InChI is InChI=1S/C7H9N5O2S/c1-4-8-5(11-14-4)2-12-6(3-13)9-10-7(12)15/h13H,2-3H2,1H3,(H,10,15). The molecule has 2 aromatic heterocycles. The molecule has 0 fully saturated rings. The molecule has 0 amide bonds. The van der Waals surface area contributed by atoms with E-state index in [2.05, 4.69) is 20.3 Å². The van der Waals surface area contributed by atoms with Gasteiger partial charge in [-0.1, -0.05) is 5.16 Å². The van der Waals surface area contributed by atoms with Crippen LogP contribution in [0.4, 0.5) is 0 Å². The summed E-state index contributed by atoms with van der Waals surface area (Å²) in [6.07, 6.45) is 0. The third-order valence-electron chi connectivity index (χ3n) is 1.85. The van der Waals surface area contributed by atoms with Crippen LogP contribution in [0.15, 0.2) is 4.52 Å². The molecular weight excluding hydrogens is 218 g/mol. The number of rotatable bonds is 3. The predicted molar refractivity (Wildman–Crippen MR) is 51.5 cm³/mol. The summed E-state index contributed by atoms with van der Waals surface area (Å²) in [5.74, 6) is 1.44. The Hall–Kier alpha value is -1.54. The molecule has 0 aliphatic heterocycles. The second-order valence-corrected chi connectivity index (χ2v) is 3.31. The molecule has 0 atom stereocenters. The molecule has 0 aromatic carbocycles. The molecule has 8 heteroatoms. The van der Waals surface area contributed by atoms with Crippen LogP contribution in [-0.2, 0) is 13.2 Å². The zero-order valence-corrected chi connectivity index (χ0v) is 8.78. The molecule has 2 rings (SSSR count). The Labute approximate surface area is 89.7 Å². The second-order valence-electron chi connectivity index (χ2n) is 2.92. The van der Waals surface area contributed by atoms with Gasteiger partial charge in [-0.2, -0.15) is 10.1 Å². The Balaban J connectivity index is 2.31. The van der Waals surface area contributed by atoms with Crippen LogP contribution in [-0.4, -0.2) is 30.0 Å². The Kier molecular flexibility index (Phi) is 2.60. The molecule has 0 aliphatic rings. The number of aromatic nitrogens is 5. The van der Waals surface area contributed by atoms with Gasteiger partial charge in [-0.05, 0) is 12.2 Å². The van der Waals surface area contributed by atoms with Gasteiger partial charge in [0.1, 0.15) is 6.61 Å². The van der Waals surface area contributed by atoms with Gasteiger partial charge in [-0.25, -0.2) is 0 Å². The number of nitrogens with one attached hydrogen (secondary N) is 1. The van der Waals surface area contributed by atoms with Crippen molar-refractivity contribution in [2.75, 3.05) is 0 Å². The summed E-state index contributed by atoms with van der Waals surface area (Å²) < 4.78 is 6.85. The number of aliphatic hydroxyl groups is 1. The Morgan fingerprint density at radius 3 is 3.00 bits per heavy atom. The fourth-order valence-electron chi connectivity index (χ4n) is 1.18. The van der Waals surface area contributed by atoms with Crippen molar-refractivity contribution in [1.82, 2.24) is 24.9 Å². The van der Waals surface area contributed by atoms with Crippen molar-refractivity contribution in [2.24, 2.45) is 0 Å². The molecule has 0 aliphatic carbocycles. The Bertz CT molecular complexity index is 513. The van der Waals surface area contributed by atoms with Gasteiger partial charge in [0.25, 0.3) is 0 Å². The summed E-state index contributed by atoms with van der Waals surface area (Å²) in [6, 6.07) is 0. The van der Waals surface area contributed by atoms with Gasteiger partial charge in [-0.15, -0.1) is 0 Å². The first-order valence-corrected chi connectivity index (χ1v) is 4.65. The van der Waals surface area contributed by atoms with E-state index in [0.717, 1.165) is 0 Å². The van der Waals surface area contributed by atoms with Crippen LogP contribution in [0.25, 0.3) is 0 Å². The molecule has 0 saturated carbocycles. The number of H-pyrrole nitrogens is 1. The van der Waals surface area contributed by atoms with Gasteiger partial charge in [-0.3, -0.25) is 9.67 Å². The molecule has 0 bridgehead atoms. The molecule has 0 unspecified atom stereocenters. The molecule has 15 heavy (non-hydrogen) atoms. The molecule has 0 spiro atoms. The van der Waals surface area contributed by atoms with Crippen LogP contribution in [0.2, 0.25) is 0 Å². The van der Waals surface area contributed by atoms with Gasteiger partial charge in [0.05, 0.1) is 6.54 Å². The average molecular weight is 227 g/mol. The topological polar surface area (TPSA) is 92.8 Å². The zero-order chi connectivity index (χ0) is 10.8. The Morgan fingerprint density at radius 1 is 1.60 bits per heavy atom. The van der Waals surface area contributed by atoms with E-state index in [9.17, 15) is 0 Å². The molecule has 0 saturated heterocycles. The van der Waals surface area contributed by atoms with Gasteiger partial charge in [0.15, 0.2) is 16.4 Å². The van der Waals surface area contributed by atoms with Crippen molar-refractivity contribution in [3.8, 4) is 0 Å². The van der Waals surface area contributed by atoms with Crippen LogP contribution in [0.5, 0.6) is 0 Å². The lowest BCUT2D eigenvalue weighted by Gasteiger charge is -1.99. The van der Waals surface area contributed by atoms with E-state index in [1.807, 2.05) is 0 Å². The van der Waals surface area contributed by atoms with E-state index in [0.29, 0.717) is 28.9 Å². The number of aryl methyl sites for hydroxylation is 1.